The summed E-state index contributed by atoms with van der Waals surface area (Å²) in [7, 11) is 2.97. The van der Waals surface area contributed by atoms with Crippen LogP contribution in [0.25, 0.3) is 11.1 Å². The van der Waals surface area contributed by atoms with E-state index >= 15 is 0 Å². The molecule has 27 heavy (non-hydrogen) atoms. The molecule has 1 N–H and O–H groups in total. The van der Waals surface area contributed by atoms with E-state index in [1.165, 1.54) is 7.11 Å². The van der Waals surface area contributed by atoms with Gasteiger partial charge in [0.15, 0.2) is 0 Å². The maximum absolute atomic E-state index is 11.6. The fourth-order valence-electron chi connectivity index (χ4n) is 2.74. The van der Waals surface area contributed by atoms with Gasteiger partial charge in [-0.05, 0) is 53.6 Å². The Hall–Kier alpha value is -3.05. The fraction of sp³-hybridized carbons (Fsp3) is 0.143. The summed E-state index contributed by atoms with van der Waals surface area (Å²) >= 11 is 6.18. The van der Waals surface area contributed by atoms with Crippen molar-refractivity contribution < 1.29 is 14.3 Å². The fourth-order valence-corrected chi connectivity index (χ4v) is 3.00. The molecular weight excluding hydrogens is 364 g/mol. The van der Waals surface area contributed by atoms with Crippen molar-refractivity contribution in [1.29, 1.82) is 0 Å². The topological polar surface area (TPSA) is 60.5 Å². The molecule has 5 nitrogen and oxygen atoms in total. The number of benzene rings is 2. The molecule has 0 bridgehead atoms. The van der Waals surface area contributed by atoms with Gasteiger partial charge in [-0.2, -0.15) is 0 Å². The predicted molar refractivity (Wildman–Crippen MR) is 106 cm³/mol. The van der Waals surface area contributed by atoms with E-state index in [1.807, 2.05) is 24.3 Å². The van der Waals surface area contributed by atoms with Crippen LogP contribution in [0.1, 0.15) is 15.9 Å². The highest BCUT2D eigenvalue weighted by Gasteiger charge is 2.11. The smallest absolute Gasteiger partial charge is 0.339 e. The number of esters is 1. The highest BCUT2D eigenvalue weighted by molar-refractivity contribution is 6.33. The first-order chi connectivity index (χ1) is 13.1. The Balaban J connectivity index is 1.81. The molecule has 0 aliphatic heterocycles. The quantitative estimate of drug-likeness (QED) is 0.620. The SMILES string of the molecule is COC(=O)c1ccc(NCc2cc(-c3ccncc3)ccc2OC)cc1Cl. The summed E-state index contributed by atoms with van der Waals surface area (Å²) in [6.45, 7) is 0.538. The normalized spacial score (nSPS) is 10.3. The van der Waals surface area contributed by atoms with E-state index in [1.54, 1.807) is 37.7 Å². The molecule has 3 rings (SSSR count). The molecule has 0 saturated carbocycles. The van der Waals surface area contributed by atoms with E-state index < -0.39 is 5.97 Å². The summed E-state index contributed by atoms with van der Waals surface area (Å²) in [5.41, 5.74) is 4.29. The molecule has 1 heterocycles. The highest BCUT2D eigenvalue weighted by Crippen LogP contribution is 2.28. The van der Waals surface area contributed by atoms with Crippen LogP contribution in [0.5, 0.6) is 5.75 Å². The van der Waals surface area contributed by atoms with E-state index in [-0.39, 0.29) is 0 Å². The summed E-state index contributed by atoms with van der Waals surface area (Å²) in [6, 6.07) is 15.1. The minimum Gasteiger partial charge on any atom is -0.496 e. The predicted octanol–water partition coefficient (Wildman–Crippen LogP) is 4.81. The maximum atomic E-state index is 11.6. The Morgan fingerprint density at radius 2 is 1.81 bits per heavy atom. The van der Waals surface area contributed by atoms with Crippen molar-refractivity contribution in [2.24, 2.45) is 0 Å². The molecular formula is C21H19ClN2O3. The Morgan fingerprint density at radius 1 is 1.04 bits per heavy atom. The number of rotatable bonds is 6. The van der Waals surface area contributed by atoms with Gasteiger partial charge in [0.2, 0.25) is 0 Å². The number of nitrogens with zero attached hydrogens (tertiary/aromatic N) is 1. The molecule has 0 amide bonds. The first kappa shape index (κ1) is 18.7. The van der Waals surface area contributed by atoms with Crippen LogP contribution in [0.3, 0.4) is 0 Å². The third-order valence-corrected chi connectivity index (χ3v) is 4.46. The number of carbonyl (C=O) groups is 1. The average Bonchev–Trinajstić information content (AvgIpc) is 2.72. The minimum absolute atomic E-state index is 0.335. The van der Waals surface area contributed by atoms with E-state index in [0.717, 1.165) is 28.1 Å². The van der Waals surface area contributed by atoms with Crippen LogP contribution in [0, 0.1) is 0 Å². The van der Waals surface area contributed by atoms with Crippen LogP contribution in [0.15, 0.2) is 60.9 Å². The lowest BCUT2D eigenvalue weighted by Gasteiger charge is -2.13. The number of carbonyl (C=O) groups excluding carboxylic acids is 1. The molecule has 0 aliphatic carbocycles. The van der Waals surface area contributed by atoms with E-state index in [4.69, 9.17) is 21.1 Å². The van der Waals surface area contributed by atoms with Gasteiger partial charge in [0.05, 0.1) is 24.8 Å². The second-order valence-electron chi connectivity index (χ2n) is 5.80. The largest absolute Gasteiger partial charge is 0.496 e. The summed E-state index contributed by atoms with van der Waals surface area (Å²) < 4.78 is 10.2. The third kappa shape index (κ3) is 4.38. The molecule has 0 fully saturated rings. The van der Waals surface area contributed by atoms with Crippen molar-refractivity contribution in [3.05, 3.63) is 77.1 Å². The Morgan fingerprint density at radius 3 is 2.48 bits per heavy atom. The molecule has 0 atom stereocenters. The number of halogens is 1. The van der Waals surface area contributed by atoms with Gasteiger partial charge in [-0.15, -0.1) is 0 Å². The molecule has 2 aromatic carbocycles. The molecule has 0 radical (unpaired) electrons. The molecule has 1 aromatic heterocycles. The van der Waals surface area contributed by atoms with Gasteiger partial charge in [0, 0.05) is 30.2 Å². The molecule has 3 aromatic rings. The summed E-state index contributed by atoms with van der Waals surface area (Å²) in [5.74, 6) is 0.329. The molecule has 138 valence electrons. The van der Waals surface area contributed by atoms with Gasteiger partial charge in [-0.3, -0.25) is 4.98 Å². The maximum Gasteiger partial charge on any atom is 0.339 e. The Labute approximate surface area is 162 Å². The number of hydrogen-bond acceptors (Lipinski definition) is 5. The van der Waals surface area contributed by atoms with Gasteiger partial charge in [0.1, 0.15) is 5.75 Å². The van der Waals surface area contributed by atoms with Crippen LogP contribution in [-0.2, 0) is 11.3 Å². The number of nitrogens with one attached hydrogen (secondary N) is 1. The van der Waals surface area contributed by atoms with Crippen molar-refractivity contribution in [2.75, 3.05) is 19.5 Å². The van der Waals surface area contributed by atoms with Gasteiger partial charge in [0.25, 0.3) is 0 Å². The monoisotopic (exact) mass is 382 g/mol. The first-order valence-corrected chi connectivity index (χ1v) is 8.69. The van der Waals surface area contributed by atoms with Gasteiger partial charge < -0.3 is 14.8 Å². The molecule has 0 aliphatic rings. The van der Waals surface area contributed by atoms with Gasteiger partial charge in [-0.25, -0.2) is 4.79 Å². The van der Waals surface area contributed by atoms with Crippen LogP contribution in [0.2, 0.25) is 5.02 Å². The molecule has 0 unspecified atom stereocenters. The molecule has 0 saturated heterocycles. The number of pyridine rings is 1. The third-order valence-electron chi connectivity index (χ3n) is 4.15. The standard InChI is InChI=1S/C21H19ClN2O3/c1-26-20-6-3-15(14-7-9-23-10-8-14)11-16(20)13-24-17-4-5-18(19(22)12-17)21(25)27-2/h3-12,24H,13H2,1-2H3. The average molecular weight is 383 g/mol. The lowest BCUT2D eigenvalue weighted by Crippen LogP contribution is -2.05. The number of hydrogen-bond donors (Lipinski definition) is 1. The molecule has 6 heteroatoms. The lowest BCUT2D eigenvalue weighted by molar-refractivity contribution is 0.0601. The summed E-state index contributed by atoms with van der Waals surface area (Å²) in [4.78, 5) is 15.7. The van der Waals surface area contributed by atoms with Crippen molar-refractivity contribution in [1.82, 2.24) is 4.98 Å². The number of methoxy groups -OCH3 is 2. The van der Waals surface area contributed by atoms with Crippen molar-refractivity contribution >= 4 is 23.3 Å². The highest BCUT2D eigenvalue weighted by atomic mass is 35.5. The minimum atomic E-state index is -0.460. The first-order valence-electron chi connectivity index (χ1n) is 8.31. The number of ether oxygens (including phenoxy) is 2. The summed E-state index contributed by atoms with van der Waals surface area (Å²) in [6.07, 6.45) is 3.53. The van der Waals surface area contributed by atoms with E-state index in [2.05, 4.69) is 16.4 Å². The van der Waals surface area contributed by atoms with Crippen LogP contribution < -0.4 is 10.1 Å². The lowest BCUT2D eigenvalue weighted by atomic mass is 10.0. The van der Waals surface area contributed by atoms with Crippen molar-refractivity contribution in [3.63, 3.8) is 0 Å². The number of aromatic nitrogens is 1. The second kappa shape index (κ2) is 8.56. The zero-order valence-corrected chi connectivity index (χ0v) is 15.8. The second-order valence-corrected chi connectivity index (χ2v) is 6.21. The molecule has 0 spiro atoms. The zero-order chi connectivity index (χ0) is 19.2. The van der Waals surface area contributed by atoms with Crippen molar-refractivity contribution in [2.45, 2.75) is 6.54 Å². The Kier molecular flexibility index (Phi) is 5.94. The van der Waals surface area contributed by atoms with Gasteiger partial charge in [-0.1, -0.05) is 17.7 Å². The van der Waals surface area contributed by atoms with E-state index in [0.29, 0.717) is 17.1 Å². The van der Waals surface area contributed by atoms with E-state index in [9.17, 15) is 4.79 Å². The summed E-state index contributed by atoms with van der Waals surface area (Å²) in [5, 5.41) is 3.65. The Bertz CT molecular complexity index is 945. The van der Waals surface area contributed by atoms with Crippen molar-refractivity contribution in [3.8, 4) is 16.9 Å². The number of anilines is 1. The zero-order valence-electron chi connectivity index (χ0n) is 15.0. The van der Waals surface area contributed by atoms with Crippen LogP contribution >= 0.6 is 11.6 Å². The van der Waals surface area contributed by atoms with Crippen LogP contribution in [0.4, 0.5) is 5.69 Å². The van der Waals surface area contributed by atoms with Gasteiger partial charge >= 0.3 is 5.97 Å². The van der Waals surface area contributed by atoms with Crippen LogP contribution in [-0.4, -0.2) is 25.2 Å².